The van der Waals surface area contributed by atoms with Crippen molar-refractivity contribution in [3.63, 3.8) is 0 Å². The third kappa shape index (κ3) is 2.08. The summed E-state index contributed by atoms with van der Waals surface area (Å²) in [4.78, 5) is 12.1. The van der Waals surface area contributed by atoms with Gasteiger partial charge in [-0.25, -0.2) is 4.79 Å². The molecule has 13 heavy (non-hydrogen) atoms. The molecule has 0 aromatic heterocycles. The SMILES string of the molecule is C=C(c1ccccc1)N(C)C(N)=O. The van der Waals surface area contributed by atoms with Crippen LogP contribution in [0.4, 0.5) is 4.79 Å². The zero-order chi connectivity index (χ0) is 9.84. The van der Waals surface area contributed by atoms with Crippen molar-refractivity contribution in [1.82, 2.24) is 4.90 Å². The molecule has 0 bridgehead atoms. The van der Waals surface area contributed by atoms with E-state index in [1.54, 1.807) is 7.05 Å². The highest BCUT2D eigenvalue weighted by Crippen LogP contribution is 2.14. The number of amides is 2. The van der Waals surface area contributed by atoms with E-state index in [1.807, 2.05) is 30.3 Å². The fourth-order valence-electron chi connectivity index (χ4n) is 0.957. The Kier molecular flexibility index (Phi) is 2.69. The van der Waals surface area contributed by atoms with Crippen molar-refractivity contribution in [2.45, 2.75) is 0 Å². The highest BCUT2D eigenvalue weighted by molar-refractivity contribution is 5.83. The minimum Gasteiger partial charge on any atom is -0.351 e. The Morgan fingerprint density at radius 3 is 2.38 bits per heavy atom. The minimum absolute atomic E-state index is 0.506. The maximum absolute atomic E-state index is 10.8. The van der Waals surface area contributed by atoms with Crippen LogP contribution in [0.5, 0.6) is 0 Å². The van der Waals surface area contributed by atoms with Gasteiger partial charge in [-0.3, -0.25) is 4.90 Å². The first-order valence-electron chi connectivity index (χ1n) is 3.90. The molecule has 68 valence electrons. The Balaban J connectivity index is 2.86. The van der Waals surface area contributed by atoms with Gasteiger partial charge < -0.3 is 5.73 Å². The predicted octanol–water partition coefficient (Wildman–Crippen LogP) is 1.67. The van der Waals surface area contributed by atoms with E-state index in [2.05, 4.69) is 6.58 Å². The summed E-state index contributed by atoms with van der Waals surface area (Å²) in [5.74, 6) is 0. The number of nitrogens with two attached hydrogens (primary N) is 1. The third-order valence-electron chi connectivity index (χ3n) is 1.84. The van der Waals surface area contributed by atoms with Crippen LogP contribution in [-0.4, -0.2) is 18.0 Å². The molecule has 0 radical (unpaired) electrons. The van der Waals surface area contributed by atoms with Gasteiger partial charge in [0.05, 0.1) is 0 Å². The van der Waals surface area contributed by atoms with Gasteiger partial charge in [-0.2, -0.15) is 0 Å². The van der Waals surface area contributed by atoms with Crippen molar-refractivity contribution in [2.75, 3.05) is 7.05 Å². The molecule has 0 fully saturated rings. The van der Waals surface area contributed by atoms with E-state index >= 15 is 0 Å². The number of hydrogen-bond acceptors (Lipinski definition) is 1. The molecule has 0 saturated heterocycles. The smallest absolute Gasteiger partial charge is 0.318 e. The fraction of sp³-hybridized carbons (Fsp3) is 0.100. The van der Waals surface area contributed by atoms with E-state index < -0.39 is 6.03 Å². The normalized spacial score (nSPS) is 9.31. The number of urea groups is 1. The molecule has 1 aromatic rings. The van der Waals surface area contributed by atoms with Crippen LogP contribution >= 0.6 is 0 Å². The molecule has 0 spiro atoms. The van der Waals surface area contributed by atoms with Crippen molar-refractivity contribution >= 4 is 11.7 Å². The highest BCUT2D eigenvalue weighted by Gasteiger charge is 2.08. The molecular formula is C10H12N2O. The topological polar surface area (TPSA) is 46.3 Å². The number of carbonyl (C=O) groups is 1. The number of rotatable bonds is 2. The lowest BCUT2D eigenvalue weighted by Crippen LogP contribution is -2.30. The largest absolute Gasteiger partial charge is 0.351 e. The van der Waals surface area contributed by atoms with Gasteiger partial charge in [0.15, 0.2) is 0 Å². The molecule has 1 aromatic carbocycles. The third-order valence-corrected chi connectivity index (χ3v) is 1.84. The standard InChI is InChI=1S/C10H12N2O/c1-8(12(2)10(11)13)9-6-4-3-5-7-9/h3-7H,1H2,2H3,(H2,11,13). The first-order chi connectivity index (χ1) is 6.13. The number of nitrogens with zero attached hydrogens (tertiary/aromatic N) is 1. The maximum atomic E-state index is 10.8. The van der Waals surface area contributed by atoms with Crippen molar-refractivity contribution in [3.8, 4) is 0 Å². The van der Waals surface area contributed by atoms with Crippen LogP contribution in [0.3, 0.4) is 0 Å². The van der Waals surface area contributed by atoms with Crippen molar-refractivity contribution in [2.24, 2.45) is 5.73 Å². The van der Waals surface area contributed by atoms with E-state index in [-0.39, 0.29) is 0 Å². The zero-order valence-electron chi connectivity index (χ0n) is 7.53. The minimum atomic E-state index is -0.506. The Morgan fingerprint density at radius 1 is 1.38 bits per heavy atom. The molecule has 0 heterocycles. The summed E-state index contributed by atoms with van der Waals surface area (Å²) in [5.41, 5.74) is 6.60. The summed E-state index contributed by atoms with van der Waals surface area (Å²) in [6, 6.07) is 8.92. The van der Waals surface area contributed by atoms with E-state index in [0.29, 0.717) is 5.70 Å². The van der Waals surface area contributed by atoms with Crippen LogP contribution in [0, 0.1) is 0 Å². The average molecular weight is 176 g/mol. The zero-order valence-corrected chi connectivity index (χ0v) is 7.53. The number of benzene rings is 1. The fourth-order valence-corrected chi connectivity index (χ4v) is 0.957. The molecule has 0 saturated carbocycles. The first-order valence-corrected chi connectivity index (χ1v) is 3.90. The molecule has 3 nitrogen and oxygen atoms in total. The van der Waals surface area contributed by atoms with Gasteiger partial charge in [0, 0.05) is 12.7 Å². The van der Waals surface area contributed by atoms with Crippen LogP contribution in [0.2, 0.25) is 0 Å². The van der Waals surface area contributed by atoms with E-state index in [0.717, 1.165) is 5.56 Å². The van der Waals surface area contributed by atoms with Crippen molar-refractivity contribution < 1.29 is 4.79 Å². The van der Waals surface area contributed by atoms with Crippen LogP contribution < -0.4 is 5.73 Å². The molecule has 3 heteroatoms. The van der Waals surface area contributed by atoms with Crippen molar-refractivity contribution in [3.05, 3.63) is 42.5 Å². The van der Waals surface area contributed by atoms with Crippen molar-refractivity contribution in [1.29, 1.82) is 0 Å². The van der Waals surface area contributed by atoms with E-state index in [9.17, 15) is 4.79 Å². The number of hydrogen-bond donors (Lipinski definition) is 1. The first kappa shape index (κ1) is 9.32. The summed E-state index contributed by atoms with van der Waals surface area (Å²) in [6.07, 6.45) is 0. The second kappa shape index (κ2) is 3.76. The number of primary amides is 1. The maximum Gasteiger partial charge on any atom is 0.318 e. The van der Waals surface area contributed by atoms with Crippen LogP contribution in [0.15, 0.2) is 36.9 Å². The molecule has 0 aliphatic heterocycles. The summed E-state index contributed by atoms with van der Waals surface area (Å²) in [6.45, 7) is 3.77. The second-order valence-corrected chi connectivity index (χ2v) is 2.71. The lowest BCUT2D eigenvalue weighted by Gasteiger charge is -2.16. The molecule has 0 aliphatic rings. The summed E-state index contributed by atoms with van der Waals surface area (Å²) in [5, 5.41) is 0. The summed E-state index contributed by atoms with van der Waals surface area (Å²) in [7, 11) is 1.59. The predicted molar refractivity (Wildman–Crippen MR) is 52.8 cm³/mol. The Hall–Kier alpha value is -1.77. The second-order valence-electron chi connectivity index (χ2n) is 2.71. The van der Waals surface area contributed by atoms with Crippen LogP contribution in [-0.2, 0) is 0 Å². The summed E-state index contributed by atoms with van der Waals surface area (Å²) < 4.78 is 0. The van der Waals surface area contributed by atoms with Gasteiger partial charge in [-0.15, -0.1) is 0 Å². The molecular weight excluding hydrogens is 164 g/mol. The van der Waals surface area contributed by atoms with Gasteiger partial charge >= 0.3 is 6.03 Å². The van der Waals surface area contributed by atoms with Crippen LogP contribution in [0.1, 0.15) is 5.56 Å². The molecule has 0 aliphatic carbocycles. The van der Waals surface area contributed by atoms with E-state index in [1.165, 1.54) is 4.90 Å². The lowest BCUT2D eigenvalue weighted by atomic mass is 10.2. The monoisotopic (exact) mass is 176 g/mol. The van der Waals surface area contributed by atoms with Crippen LogP contribution in [0.25, 0.3) is 5.70 Å². The molecule has 2 amide bonds. The highest BCUT2D eigenvalue weighted by atomic mass is 16.2. The quantitative estimate of drug-likeness (QED) is 0.732. The average Bonchev–Trinajstić information content (AvgIpc) is 2.17. The Morgan fingerprint density at radius 2 is 1.92 bits per heavy atom. The van der Waals surface area contributed by atoms with Gasteiger partial charge in [-0.1, -0.05) is 36.9 Å². The molecule has 0 atom stereocenters. The molecule has 1 rings (SSSR count). The Labute approximate surface area is 77.5 Å². The Bertz CT molecular complexity index is 319. The summed E-state index contributed by atoms with van der Waals surface area (Å²) >= 11 is 0. The molecule has 0 unspecified atom stereocenters. The lowest BCUT2D eigenvalue weighted by molar-refractivity contribution is 0.233. The number of carbonyl (C=O) groups excluding carboxylic acids is 1. The van der Waals surface area contributed by atoms with Gasteiger partial charge in [0.1, 0.15) is 0 Å². The van der Waals surface area contributed by atoms with Gasteiger partial charge in [0.25, 0.3) is 0 Å². The van der Waals surface area contributed by atoms with Gasteiger partial charge in [-0.05, 0) is 5.56 Å². The van der Waals surface area contributed by atoms with Gasteiger partial charge in [0.2, 0.25) is 0 Å². The van der Waals surface area contributed by atoms with E-state index in [4.69, 9.17) is 5.73 Å². The molecule has 2 N–H and O–H groups in total.